The molecule has 220 valence electrons. The molecule has 7 nitrogen and oxygen atoms in total. The first-order valence-corrected chi connectivity index (χ1v) is 15.3. The number of carbonyl (C=O) groups excluding carboxylic acids is 2. The van der Waals surface area contributed by atoms with Gasteiger partial charge in [-0.3, -0.25) is 9.35 Å². The molecule has 0 heterocycles. The minimum absolute atomic E-state index is 0.156. The van der Waals surface area contributed by atoms with Crippen LogP contribution in [-0.4, -0.2) is 43.9 Å². The van der Waals surface area contributed by atoms with Gasteiger partial charge in [0.2, 0.25) is 0 Å². The number of hydrogen-bond acceptors (Lipinski definition) is 6. The lowest BCUT2D eigenvalue weighted by molar-refractivity contribution is -0.145. The van der Waals surface area contributed by atoms with Crippen LogP contribution in [-0.2, 0) is 35.6 Å². The predicted molar refractivity (Wildman–Crippen MR) is 161 cm³/mol. The molecular formula is C31H29F2O7PS. The third-order valence-corrected chi connectivity index (χ3v) is 9.29. The van der Waals surface area contributed by atoms with Gasteiger partial charge in [-0.15, -0.1) is 0 Å². The van der Waals surface area contributed by atoms with E-state index in [1.807, 2.05) is 6.07 Å². The number of carbonyl (C=O) groups is 2. The van der Waals surface area contributed by atoms with Gasteiger partial charge in [0.15, 0.2) is 6.61 Å². The summed E-state index contributed by atoms with van der Waals surface area (Å²) in [6, 6.07) is 33.9. The number of ether oxygens (including phenoxy) is 2. The fraction of sp³-hybridized carbons (Fsp3) is 0.161. The van der Waals surface area contributed by atoms with E-state index in [9.17, 15) is 26.8 Å². The van der Waals surface area contributed by atoms with E-state index in [0.717, 1.165) is 10.9 Å². The van der Waals surface area contributed by atoms with Crippen LogP contribution in [0.4, 0.5) is 8.78 Å². The zero-order chi connectivity index (χ0) is 30.9. The Labute approximate surface area is 244 Å². The Morgan fingerprint density at radius 1 is 0.857 bits per heavy atom. The lowest BCUT2D eigenvalue weighted by Crippen LogP contribution is -2.34. The molecule has 1 N–H and O–H groups in total. The van der Waals surface area contributed by atoms with Gasteiger partial charge >= 0.3 is 27.3 Å². The molecule has 0 aliphatic carbocycles. The van der Waals surface area contributed by atoms with Gasteiger partial charge in [-0.25, -0.2) is 4.79 Å². The number of fused-ring (bicyclic) bond motifs is 1. The highest BCUT2D eigenvalue weighted by molar-refractivity contribution is 7.86. The fourth-order valence-corrected chi connectivity index (χ4v) is 6.51. The van der Waals surface area contributed by atoms with Crippen molar-refractivity contribution >= 4 is 56.7 Å². The van der Waals surface area contributed by atoms with Gasteiger partial charge in [-0.1, -0.05) is 104 Å². The van der Waals surface area contributed by atoms with Gasteiger partial charge in [-0.2, -0.15) is 17.2 Å². The number of halogens is 2. The summed E-state index contributed by atoms with van der Waals surface area (Å²) in [4.78, 5) is 22.5. The molecule has 0 atom stereocenters. The van der Waals surface area contributed by atoms with Crippen molar-refractivity contribution in [2.75, 3.05) is 13.7 Å². The molecule has 0 spiro atoms. The smallest absolute Gasteiger partial charge is 0.402 e. The van der Waals surface area contributed by atoms with Crippen LogP contribution in [0.15, 0.2) is 109 Å². The number of benzene rings is 4. The maximum atomic E-state index is 12.4. The second-order valence-electron chi connectivity index (χ2n) is 9.02. The molecule has 0 saturated heterocycles. The first-order valence-electron chi connectivity index (χ1n) is 12.5. The van der Waals surface area contributed by atoms with E-state index in [2.05, 4.69) is 102 Å². The summed E-state index contributed by atoms with van der Waals surface area (Å²) in [5, 5.41) is 1.74. The molecule has 0 aromatic heterocycles. The summed E-state index contributed by atoms with van der Waals surface area (Å²) in [7, 11) is -4.83. The molecule has 0 fully saturated rings. The zero-order valence-corrected chi connectivity index (χ0v) is 24.6. The van der Waals surface area contributed by atoms with E-state index in [-0.39, 0.29) is 18.0 Å². The van der Waals surface area contributed by atoms with Crippen molar-refractivity contribution in [2.45, 2.75) is 18.6 Å². The molecule has 0 aliphatic heterocycles. The molecule has 0 saturated carbocycles. The number of hydrogen-bond donors (Lipinski definition) is 1. The molecular weight excluding hydrogens is 585 g/mol. The van der Waals surface area contributed by atoms with Crippen LogP contribution in [0, 0.1) is 0 Å². The molecule has 0 unspecified atom stereocenters. The van der Waals surface area contributed by atoms with Crippen molar-refractivity contribution in [3.8, 4) is 0 Å². The lowest BCUT2D eigenvalue weighted by atomic mass is 10.0. The summed E-state index contributed by atoms with van der Waals surface area (Å²) < 4.78 is 61.6. The molecule has 0 radical (unpaired) electrons. The van der Waals surface area contributed by atoms with Gasteiger partial charge in [0.25, 0.3) is 0 Å². The molecule has 4 rings (SSSR count). The summed E-state index contributed by atoms with van der Waals surface area (Å²) in [6.07, 6.45) is 0.284. The quantitative estimate of drug-likeness (QED) is 0.124. The van der Waals surface area contributed by atoms with Crippen molar-refractivity contribution in [2.24, 2.45) is 0 Å². The van der Waals surface area contributed by atoms with E-state index in [4.69, 9.17) is 9.29 Å². The third kappa shape index (κ3) is 8.28. The van der Waals surface area contributed by atoms with Gasteiger partial charge in [0.05, 0.1) is 13.5 Å². The van der Waals surface area contributed by atoms with E-state index >= 15 is 0 Å². The van der Waals surface area contributed by atoms with E-state index in [1.54, 1.807) is 0 Å². The first kappa shape index (κ1) is 32.5. The SMILES string of the molecule is C=C(C)C(=O)OCC(F)(F)S(=O)(=O)O.COC(=O)Cc1ccc(P(c2ccccc2)c2ccccc2)c2ccccc12. The van der Waals surface area contributed by atoms with Gasteiger partial charge in [0, 0.05) is 5.57 Å². The Kier molecular flexibility index (Phi) is 11.1. The minimum atomic E-state index is -5.56. The Balaban J connectivity index is 0.000000295. The molecule has 0 amide bonds. The van der Waals surface area contributed by atoms with Crippen molar-refractivity contribution < 1.29 is 40.8 Å². The van der Waals surface area contributed by atoms with Crippen LogP contribution in [0.1, 0.15) is 12.5 Å². The summed E-state index contributed by atoms with van der Waals surface area (Å²) in [5.74, 6) is -1.38. The van der Waals surface area contributed by atoms with E-state index in [0.29, 0.717) is 0 Å². The van der Waals surface area contributed by atoms with E-state index in [1.165, 1.54) is 35.3 Å². The van der Waals surface area contributed by atoms with Crippen molar-refractivity contribution in [3.05, 3.63) is 115 Å². The molecule has 4 aromatic carbocycles. The normalized spacial score (nSPS) is 11.4. The Morgan fingerprint density at radius 2 is 1.36 bits per heavy atom. The van der Waals surface area contributed by atoms with Crippen LogP contribution in [0.3, 0.4) is 0 Å². The van der Waals surface area contributed by atoms with Gasteiger partial charge < -0.3 is 9.47 Å². The van der Waals surface area contributed by atoms with Crippen molar-refractivity contribution in [1.29, 1.82) is 0 Å². The average molecular weight is 615 g/mol. The number of rotatable bonds is 9. The fourth-order valence-electron chi connectivity index (χ4n) is 3.85. The maximum absolute atomic E-state index is 12.4. The maximum Gasteiger partial charge on any atom is 0.402 e. The van der Waals surface area contributed by atoms with Crippen molar-refractivity contribution in [1.82, 2.24) is 0 Å². The summed E-state index contributed by atoms with van der Waals surface area (Å²) in [6.45, 7) is 2.55. The highest BCUT2D eigenvalue weighted by Gasteiger charge is 2.45. The molecule has 42 heavy (non-hydrogen) atoms. The zero-order valence-electron chi connectivity index (χ0n) is 22.9. The van der Waals surface area contributed by atoms with Crippen LogP contribution in [0.25, 0.3) is 10.8 Å². The van der Waals surface area contributed by atoms with E-state index < -0.39 is 35.9 Å². The Bertz CT molecular complexity index is 1620. The van der Waals surface area contributed by atoms with Crippen LogP contribution in [0.5, 0.6) is 0 Å². The summed E-state index contributed by atoms with van der Waals surface area (Å²) >= 11 is 0. The molecule has 0 aliphatic rings. The molecule has 0 bridgehead atoms. The Hall–Kier alpha value is -3.98. The van der Waals surface area contributed by atoms with Crippen LogP contribution < -0.4 is 15.9 Å². The molecule has 4 aromatic rings. The second kappa shape index (κ2) is 14.3. The van der Waals surface area contributed by atoms with Crippen LogP contribution >= 0.6 is 7.92 Å². The topological polar surface area (TPSA) is 107 Å². The number of esters is 2. The standard InChI is InChI=1S/C25H21O2P.C6H8F2O5S/c1-27-25(26)18-19-16-17-24(23-15-9-8-14-22(19)23)28(20-10-4-2-5-11-20)21-12-6-3-7-13-21;1-4(2)5(9)13-3-6(7,8)14(10,11)12/h2-17H,18H2,1H3;1,3H2,2H3,(H,10,11,12). The third-order valence-electron chi connectivity index (χ3n) is 5.92. The van der Waals surface area contributed by atoms with Gasteiger partial charge in [-0.05, 0) is 47.1 Å². The second-order valence-corrected chi connectivity index (χ2v) is 12.8. The van der Waals surface area contributed by atoms with Crippen molar-refractivity contribution in [3.63, 3.8) is 0 Å². The monoisotopic (exact) mass is 614 g/mol. The predicted octanol–water partition coefficient (Wildman–Crippen LogP) is 4.90. The highest BCUT2D eigenvalue weighted by atomic mass is 32.2. The lowest BCUT2D eigenvalue weighted by Gasteiger charge is -2.22. The Morgan fingerprint density at radius 3 is 1.83 bits per heavy atom. The summed E-state index contributed by atoms with van der Waals surface area (Å²) in [5.41, 5.74) is 0.846. The average Bonchev–Trinajstić information content (AvgIpc) is 2.98. The minimum Gasteiger partial charge on any atom is -0.469 e. The van der Waals surface area contributed by atoms with Gasteiger partial charge in [0.1, 0.15) is 0 Å². The first-order chi connectivity index (χ1) is 19.9. The largest absolute Gasteiger partial charge is 0.469 e. The molecule has 11 heteroatoms. The van der Waals surface area contributed by atoms with Crippen LogP contribution in [0.2, 0.25) is 0 Å². The number of alkyl halides is 2. The number of methoxy groups -OCH3 is 1. The highest BCUT2D eigenvalue weighted by Crippen LogP contribution is 2.36.